The molecular weight excluding hydrogens is 320 g/mol. The van der Waals surface area contributed by atoms with Crippen molar-refractivity contribution in [1.29, 1.82) is 0 Å². The van der Waals surface area contributed by atoms with Crippen LogP contribution in [0.5, 0.6) is 0 Å². The highest BCUT2D eigenvalue weighted by atomic mass is 32.2. The van der Waals surface area contributed by atoms with Gasteiger partial charge < -0.3 is 19.2 Å². The summed E-state index contributed by atoms with van der Waals surface area (Å²) in [7, 11) is 1.55. The monoisotopic (exact) mass is 338 g/mol. The number of hydrogen-bond acceptors (Lipinski definition) is 7. The van der Waals surface area contributed by atoms with Crippen molar-refractivity contribution in [1.82, 2.24) is 10.3 Å². The Bertz CT molecular complexity index is 640. The molecule has 1 aromatic carbocycles. The van der Waals surface area contributed by atoms with E-state index in [0.29, 0.717) is 17.4 Å². The number of esters is 1. The summed E-state index contributed by atoms with van der Waals surface area (Å²) in [6.45, 7) is 1.88. The summed E-state index contributed by atoms with van der Waals surface area (Å²) in [5, 5.41) is 3.04. The van der Waals surface area contributed by atoms with Gasteiger partial charge in [-0.15, -0.1) is 0 Å². The zero-order chi connectivity index (χ0) is 16.7. The Morgan fingerprint density at radius 1 is 1.39 bits per heavy atom. The first-order valence-electron chi connectivity index (χ1n) is 7.00. The molecule has 1 unspecified atom stereocenters. The Morgan fingerprint density at radius 2 is 2.17 bits per heavy atom. The molecule has 0 aliphatic heterocycles. The van der Waals surface area contributed by atoms with E-state index in [4.69, 9.17) is 13.9 Å². The number of aromatic nitrogens is 1. The zero-order valence-corrected chi connectivity index (χ0v) is 13.7. The highest BCUT2D eigenvalue weighted by Gasteiger charge is 2.13. The second kappa shape index (κ2) is 8.54. The highest BCUT2D eigenvalue weighted by molar-refractivity contribution is 7.99. The van der Waals surface area contributed by atoms with Gasteiger partial charge in [-0.2, -0.15) is 0 Å². The summed E-state index contributed by atoms with van der Waals surface area (Å²) in [5.74, 6) is -0.852. The lowest BCUT2D eigenvalue weighted by molar-refractivity contribution is -0.146. The van der Waals surface area contributed by atoms with Gasteiger partial charge in [0.1, 0.15) is 11.3 Å². The van der Waals surface area contributed by atoms with Gasteiger partial charge in [-0.05, 0) is 19.1 Å². The normalized spacial score (nSPS) is 12.1. The molecule has 1 amide bonds. The lowest BCUT2D eigenvalue weighted by atomic mass is 10.3. The van der Waals surface area contributed by atoms with Crippen LogP contribution in [0.1, 0.15) is 6.92 Å². The number of fused-ring (bicyclic) bond motifs is 1. The third-order valence-corrected chi connectivity index (χ3v) is 3.58. The molecule has 8 heteroatoms. The van der Waals surface area contributed by atoms with Crippen LogP contribution >= 0.6 is 11.8 Å². The summed E-state index contributed by atoms with van der Waals surface area (Å²) in [6, 6.07) is 7.19. The van der Waals surface area contributed by atoms with Gasteiger partial charge in [0, 0.05) is 13.2 Å². The minimum Gasteiger partial charge on any atom is -0.455 e. The van der Waals surface area contributed by atoms with E-state index >= 15 is 0 Å². The number of hydrogen-bond donors (Lipinski definition) is 1. The standard InChI is InChI=1S/C15H18N2O5S/c1-10(7-20-2)16-13(18)8-21-14(19)9-23-15-17-11-5-3-4-6-12(11)22-15/h3-6,10H,7-9H2,1-2H3,(H,16,18). The molecule has 0 aliphatic rings. The Kier molecular flexibility index (Phi) is 6.42. The number of para-hydroxylation sites is 2. The Morgan fingerprint density at radius 3 is 2.91 bits per heavy atom. The molecule has 0 fully saturated rings. The number of rotatable bonds is 8. The van der Waals surface area contributed by atoms with Gasteiger partial charge in [-0.1, -0.05) is 23.9 Å². The molecule has 0 saturated carbocycles. The molecule has 1 atom stereocenters. The van der Waals surface area contributed by atoms with E-state index in [1.165, 1.54) is 0 Å². The van der Waals surface area contributed by atoms with Crippen LogP contribution in [0.2, 0.25) is 0 Å². The molecule has 0 bridgehead atoms. The van der Waals surface area contributed by atoms with Crippen molar-refractivity contribution < 1.29 is 23.5 Å². The van der Waals surface area contributed by atoms with Gasteiger partial charge >= 0.3 is 5.97 Å². The maximum atomic E-state index is 11.6. The summed E-state index contributed by atoms with van der Waals surface area (Å²) in [5.41, 5.74) is 1.39. The van der Waals surface area contributed by atoms with Crippen molar-refractivity contribution in [2.75, 3.05) is 26.1 Å². The maximum absolute atomic E-state index is 11.6. The summed E-state index contributed by atoms with van der Waals surface area (Å²) < 4.78 is 15.3. The number of amides is 1. The topological polar surface area (TPSA) is 90.7 Å². The molecule has 2 rings (SSSR count). The quantitative estimate of drug-likeness (QED) is 0.577. The fourth-order valence-corrected chi connectivity index (χ4v) is 2.47. The van der Waals surface area contributed by atoms with Crippen molar-refractivity contribution >= 4 is 34.7 Å². The van der Waals surface area contributed by atoms with E-state index < -0.39 is 5.97 Å². The lowest BCUT2D eigenvalue weighted by Gasteiger charge is -2.12. The predicted molar refractivity (Wildman–Crippen MR) is 85.2 cm³/mol. The van der Waals surface area contributed by atoms with Crippen LogP contribution in [0.3, 0.4) is 0 Å². The van der Waals surface area contributed by atoms with Crippen molar-refractivity contribution in [3.8, 4) is 0 Å². The van der Waals surface area contributed by atoms with Gasteiger partial charge in [0.15, 0.2) is 12.2 Å². The smallest absolute Gasteiger partial charge is 0.316 e. The van der Waals surface area contributed by atoms with Gasteiger partial charge in [-0.3, -0.25) is 9.59 Å². The molecule has 2 aromatic rings. The van der Waals surface area contributed by atoms with Crippen LogP contribution in [-0.2, 0) is 19.1 Å². The van der Waals surface area contributed by atoms with Crippen molar-refractivity contribution in [3.63, 3.8) is 0 Å². The maximum Gasteiger partial charge on any atom is 0.316 e. The molecule has 23 heavy (non-hydrogen) atoms. The molecule has 0 aliphatic carbocycles. The molecule has 0 radical (unpaired) electrons. The van der Waals surface area contributed by atoms with Crippen molar-refractivity contribution in [2.45, 2.75) is 18.2 Å². The van der Waals surface area contributed by atoms with Gasteiger partial charge in [0.25, 0.3) is 11.1 Å². The molecule has 1 N–H and O–H groups in total. The van der Waals surface area contributed by atoms with E-state index in [9.17, 15) is 9.59 Å². The number of nitrogens with zero attached hydrogens (tertiary/aromatic N) is 1. The number of thioether (sulfide) groups is 1. The van der Waals surface area contributed by atoms with Crippen LogP contribution in [0, 0.1) is 0 Å². The number of oxazole rings is 1. The van der Waals surface area contributed by atoms with E-state index in [0.717, 1.165) is 17.3 Å². The number of carbonyl (C=O) groups excluding carboxylic acids is 2. The van der Waals surface area contributed by atoms with Crippen LogP contribution < -0.4 is 5.32 Å². The molecule has 7 nitrogen and oxygen atoms in total. The predicted octanol–water partition coefficient (Wildman–Crippen LogP) is 1.61. The number of ether oxygens (including phenoxy) is 2. The largest absolute Gasteiger partial charge is 0.455 e. The van der Waals surface area contributed by atoms with Gasteiger partial charge in [0.05, 0.1) is 6.61 Å². The Labute approximate surface area is 137 Å². The van der Waals surface area contributed by atoms with E-state index in [2.05, 4.69) is 10.3 Å². The van der Waals surface area contributed by atoms with Crippen LogP contribution in [0.25, 0.3) is 11.1 Å². The second-order valence-electron chi connectivity index (χ2n) is 4.82. The van der Waals surface area contributed by atoms with Crippen LogP contribution in [0.4, 0.5) is 0 Å². The first kappa shape index (κ1) is 17.3. The second-order valence-corrected chi connectivity index (χ2v) is 5.75. The summed E-state index contributed by atoms with van der Waals surface area (Å²) >= 11 is 1.12. The molecule has 0 spiro atoms. The number of nitrogens with one attached hydrogen (secondary N) is 1. The van der Waals surface area contributed by atoms with Crippen LogP contribution in [0.15, 0.2) is 33.9 Å². The van der Waals surface area contributed by atoms with Gasteiger partial charge in [-0.25, -0.2) is 4.98 Å². The molecule has 1 aromatic heterocycles. The van der Waals surface area contributed by atoms with E-state index in [1.807, 2.05) is 18.2 Å². The fourth-order valence-electron chi connectivity index (χ4n) is 1.83. The van der Waals surface area contributed by atoms with Crippen molar-refractivity contribution in [3.05, 3.63) is 24.3 Å². The third kappa shape index (κ3) is 5.57. The molecular formula is C15H18N2O5S. The molecule has 1 heterocycles. The number of carbonyl (C=O) groups is 2. The average Bonchev–Trinajstić information content (AvgIpc) is 2.94. The van der Waals surface area contributed by atoms with E-state index in [-0.39, 0.29) is 24.3 Å². The van der Waals surface area contributed by atoms with Gasteiger partial charge in [0.2, 0.25) is 0 Å². The zero-order valence-electron chi connectivity index (χ0n) is 12.9. The van der Waals surface area contributed by atoms with Crippen LogP contribution in [-0.4, -0.2) is 49.0 Å². The average molecular weight is 338 g/mol. The third-order valence-electron chi connectivity index (χ3n) is 2.78. The lowest BCUT2D eigenvalue weighted by Crippen LogP contribution is -2.38. The summed E-state index contributed by atoms with van der Waals surface area (Å²) in [4.78, 5) is 27.4. The summed E-state index contributed by atoms with van der Waals surface area (Å²) in [6.07, 6.45) is 0. The molecule has 0 saturated heterocycles. The minimum atomic E-state index is -0.508. The SMILES string of the molecule is COCC(C)NC(=O)COC(=O)CSc1nc2ccccc2o1. The fraction of sp³-hybridized carbons (Fsp3) is 0.400. The first-order valence-corrected chi connectivity index (χ1v) is 7.99. The highest BCUT2D eigenvalue weighted by Crippen LogP contribution is 2.22. The Balaban J connectivity index is 1.71. The Hall–Kier alpha value is -2.06. The number of methoxy groups -OCH3 is 1. The minimum absolute atomic E-state index is 0.0216. The van der Waals surface area contributed by atoms with E-state index in [1.54, 1.807) is 20.1 Å². The molecule has 124 valence electrons. The number of benzene rings is 1. The first-order chi connectivity index (χ1) is 11.1. The van der Waals surface area contributed by atoms with Crippen molar-refractivity contribution in [2.24, 2.45) is 0 Å².